The second-order valence-electron chi connectivity index (χ2n) is 14.4. The topological polar surface area (TPSA) is 56.7 Å². The molecule has 5 nitrogen and oxygen atoms in total. The summed E-state index contributed by atoms with van der Waals surface area (Å²) in [6.07, 6.45) is 0. The largest absolute Gasteiger partial charge is 0.456 e. The lowest BCUT2D eigenvalue weighted by Crippen LogP contribution is -2.15. The Morgan fingerprint density at radius 2 is 1.09 bits per heavy atom. The van der Waals surface area contributed by atoms with Crippen LogP contribution >= 0.6 is 0 Å². The molecule has 250 valence electrons. The average Bonchev–Trinajstić information content (AvgIpc) is 3.82. The SMILES string of the molecule is CC1(C)c2ccccc2-c2cc3c4ccccc4n(-c4ccccc4-c4nc(-c5ccccc5)nc(-c5ccc6oc7ccccc7c6c5)n4)c3cc21. The van der Waals surface area contributed by atoms with Crippen LogP contribution in [0.15, 0.2) is 162 Å². The molecule has 0 saturated heterocycles. The molecule has 0 fully saturated rings. The molecule has 0 saturated carbocycles. The van der Waals surface area contributed by atoms with E-state index in [4.69, 9.17) is 19.4 Å². The summed E-state index contributed by atoms with van der Waals surface area (Å²) in [6.45, 7) is 4.68. The van der Waals surface area contributed by atoms with E-state index in [0.717, 1.165) is 55.3 Å². The molecule has 5 heteroatoms. The highest BCUT2D eigenvalue weighted by atomic mass is 16.3. The van der Waals surface area contributed by atoms with E-state index >= 15 is 0 Å². The fourth-order valence-electron chi connectivity index (χ4n) is 8.49. The van der Waals surface area contributed by atoms with Gasteiger partial charge in [-0.25, -0.2) is 15.0 Å². The summed E-state index contributed by atoms with van der Waals surface area (Å²) in [5.74, 6) is 1.84. The fourth-order valence-corrected chi connectivity index (χ4v) is 8.49. The highest BCUT2D eigenvalue weighted by Gasteiger charge is 2.36. The number of hydrogen-bond donors (Lipinski definition) is 0. The Hall–Kier alpha value is -6.85. The first-order valence-electron chi connectivity index (χ1n) is 18.0. The van der Waals surface area contributed by atoms with Crippen LogP contribution in [0.1, 0.15) is 25.0 Å². The van der Waals surface area contributed by atoms with Gasteiger partial charge in [0.25, 0.3) is 0 Å². The minimum Gasteiger partial charge on any atom is -0.456 e. The van der Waals surface area contributed by atoms with E-state index in [1.54, 1.807) is 0 Å². The van der Waals surface area contributed by atoms with Crippen LogP contribution in [-0.2, 0) is 5.41 Å². The third-order valence-electron chi connectivity index (χ3n) is 11.1. The van der Waals surface area contributed by atoms with Crippen molar-refractivity contribution in [2.75, 3.05) is 0 Å². The van der Waals surface area contributed by atoms with Crippen molar-refractivity contribution in [3.63, 3.8) is 0 Å². The van der Waals surface area contributed by atoms with E-state index < -0.39 is 0 Å². The molecule has 7 aromatic carbocycles. The maximum absolute atomic E-state index is 6.16. The highest BCUT2D eigenvalue weighted by molar-refractivity contribution is 6.12. The zero-order chi connectivity index (χ0) is 35.3. The molecule has 0 unspecified atom stereocenters. The van der Waals surface area contributed by atoms with Gasteiger partial charge in [0.15, 0.2) is 17.5 Å². The molecule has 1 aliphatic carbocycles. The lowest BCUT2D eigenvalue weighted by Gasteiger charge is -2.22. The first-order valence-corrected chi connectivity index (χ1v) is 18.0. The number of rotatable bonds is 4. The lowest BCUT2D eigenvalue weighted by molar-refractivity contribution is 0.661. The average molecular weight is 681 g/mol. The summed E-state index contributed by atoms with van der Waals surface area (Å²) >= 11 is 0. The number of aromatic nitrogens is 4. The van der Waals surface area contributed by atoms with Gasteiger partial charge in [0.1, 0.15) is 11.2 Å². The maximum Gasteiger partial charge on any atom is 0.166 e. The molecule has 0 amide bonds. The van der Waals surface area contributed by atoms with Crippen molar-refractivity contribution in [2.24, 2.45) is 0 Å². The second kappa shape index (κ2) is 11.1. The maximum atomic E-state index is 6.16. The third kappa shape index (κ3) is 4.40. The third-order valence-corrected chi connectivity index (χ3v) is 11.1. The molecule has 3 heterocycles. The Morgan fingerprint density at radius 1 is 0.434 bits per heavy atom. The summed E-state index contributed by atoms with van der Waals surface area (Å²) in [7, 11) is 0. The number of fused-ring (bicyclic) bond motifs is 9. The summed E-state index contributed by atoms with van der Waals surface area (Å²) < 4.78 is 8.56. The molecule has 0 bridgehead atoms. The zero-order valence-corrected chi connectivity index (χ0v) is 29.2. The first-order chi connectivity index (χ1) is 26.0. The molecule has 11 rings (SSSR count). The molecule has 0 N–H and O–H groups in total. The van der Waals surface area contributed by atoms with Crippen LogP contribution in [0.2, 0.25) is 0 Å². The number of hydrogen-bond acceptors (Lipinski definition) is 4. The lowest BCUT2D eigenvalue weighted by atomic mass is 9.82. The van der Waals surface area contributed by atoms with E-state index in [1.807, 2.05) is 48.5 Å². The fraction of sp³-hybridized carbons (Fsp3) is 0.0625. The van der Waals surface area contributed by atoms with Gasteiger partial charge in [-0.05, 0) is 76.9 Å². The Bertz CT molecular complexity index is 3100. The minimum absolute atomic E-state index is 0.129. The molecule has 3 aromatic heterocycles. The number of nitrogens with zero attached hydrogens (tertiary/aromatic N) is 4. The first kappa shape index (κ1) is 29.8. The van der Waals surface area contributed by atoms with Gasteiger partial charge in [-0.1, -0.05) is 117 Å². The Balaban J connectivity index is 1.16. The van der Waals surface area contributed by atoms with E-state index in [0.29, 0.717) is 17.5 Å². The van der Waals surface area contributed by atoms with Crippen molar-refractivity contribution in [1.82, 2.24) is 19.5 Å². The van der Waals surface area contributed by atoms with Gasteiger partial charge in [-0.3, -0.25) is 0 Å². The Labute approximate surface area is 305 Å². The van der Waals surface area contributed by atoms with E-state index in [-0.39, 0.29) is 5.41 Å². The van der Waals surface area contributed by atoms with Gasteiger partial charge in [-0.15, -0.1) is 0 Å². The standard InChI is InChI=1S/C48H32N4O/c1-48(2)38-20-10-6-16-31(38)35-27-36-32-17-7-11-21-40(32)52(42(36)28-39(35)48)41-22-12-8-19-34(41)47-50-45(29-14-4-3-5-15-29)49-46(51-47)30-24-25-44-37(26-30)33-18-9-13-23-43(33)53-44/h3-28H,1-2H3. The van der Waals surface area contributed by atoms with Gasteiger partial charge in [0.05, 0.1) is 16.7 Å². The molecule has 0 radical (unpaired) electrons. The van der Waals surface area contributed by atoms with E-state index in [2.05, 4.69) is 128 Å². The molecule has 10 aromatic rings. The second-order valence-corrected chi connectivity index (χ2v) is 14.4. The zero-order valence-electron chi connectivity index (χ0n) is 29.2. The molecule has 0 spiro atoms. The van der Waals surface area contributed by atoms with Crippen LogP contribution < -0.4 is 0 Å². The van der Waals surface area contributed by atoms with Gasteiger partial charge in [0, 0.05) is 43.7 Å². The van der Waals surface area contributed by atoms with Crippen LogP contribution in [0.3, 0.4) is 0 Å². The van der Waals surface area contributed by atoms with Crippen LogP contribution in [0.25, 0.3) is 94.7 Å². The van der Waals surface area contributed by atoms with Crippen molar-refractivity contribution in [3.05, 3.63) is 169 Å². The van der Waals surface area contributed by atoms with Crippen molar-refractivity contribution < 1.29 is 4.42 Å². The van der Waals surface area contributed by atoms with E-state index in [1.165, 1.54) is 33.0 Å². The van der Waals surface area contributed by atoms with Crippen molar-refractivity contribution in [2.45, 2.75) is 19.3 Å². The predicted octanol–water partition coefficient (Wildman–Crippen LogP) is 12.2. The van der Waals surface area contributed by atoms with Crippen LogP contribution in [-0.4, -0.2) is 19.5 Å². The number of furan rings is 1. The number of benzene rings is 7. The molecule has 53 heavy (non-hydrogen) atoms. The van der Waals surface area contributed by atoms with E-state index in [9.17, 15) is 0 Å². The van der Waals surface area contributed by atoms with Crippen molar-refractivity contribution in [3.8, 4) is 51.0 Å². The van der Waals surface area contributed by atoms with Gasteiger partial charge in [-0.2, -0.15) is 0 Å². The van der Waals surface area contributed by atoms with Crippen molar-refractivity contribution >= 4 is 43.7 Å². The summed E-state index contributed by atoms with van der Waals surface area (Å²) in [4.78, 5) is 15.5. The molecule has 0 atom stereocenters. The smallest absolute Gasteiger partial charge is 0.166 e. The Morgan fingerprint density at radius 3 is 1.96 bits per heavy atom. The minimum atomic E-state index is -0.129. The molecule has 0 aliphatic heterocycles. The molecule has 1 aliphatic rings. The predicted molar refractivity (Wildman–Crippen MR) is 215 cm³/mol. The van der Waals surface area contributed by atoms with Crippen LogP contribution in [0.5, 0.6) is 0 Å². The Kier molecular flexibility index (Phi) is 6.23. The molecular weight excluding hydrogens is 649 g/mol. The van der Waals surface area contributed by atoms with Crippen LogP contribution in [0.4, 0.5) is 0 Å². The monoisotopic (exact) mass is 680 g/mol. The highest BCUT2D eigenvalue weighted by Crippen LogP contribution is 2.51. The summed E-state index contributed by atoms with van der Waals surface area (Å²) in [6, 6.07) is 55.3. The van der Waals surface area contributed by atoms with Crippen molar-refractivity contribution in [1.29, 1.82) is 0 Å². The van der Waals surface area contributed by atoms with Gasteiger partial charge in [0.2, 0.25) is 0 Å². The number of para-hydroxylation sites is 3. The van der Waals surface area contributed by atoms with Gasteiger partial charge >= 0.3 is 0 Å². The van der Waals surface area contributed by atoms with Crippen LogP contribution in [0, 0.1) is 0 Å². The summed E-state index contributed by atoms with van der Waals surface area (Å²) in [5, 5.41) is 4.54. The molecular formula is C48H32N4O. The quantitative estimate of drug-likeness (QED) is 0.186. The van der Waals surface area contributed by atoms with Gasteiger partial charge < -0.3 is 8.98 Å². The normalized spacial score (nSPS) is 13.2. The summed E-state index contributed by atoms with van der Waals surface area (Å²) in [5.41, 5.74) is 13.0.